The molecule has 2 unspecified atom stereocenters. The fourth-order valence-corrected chi connectivity index (χ4v) is 3.28. The summed E-state index contributed by atoms with van der Waals surface area (Å²) in [5.74, 6) is 2.35. The van der Waals surface area contributed by atoms with Crippen LogP contribution in [-0.2, 0) is 6.61 Å². The lowest BCUT2D eigenvalue weighted by atomic mass is 9.82. The molecule has 0 aliphatic heterocycles. The molecule has 1 aliphatic rings. The highest BCUT2D eigenvalue weighted by Gasteiger charge is 2.25. The topological polar surface area (TPSA) is 29.5 Å². The normalized spacial score (nSPS) is 28.1. The van der Waals surface area contributed by atoms with Crippen LogP contribution in [0.3, 0.4) is 0 Å². The van der Waals surface area contributed by atoms with E-state index in [4.69, 9.17) is 4.74 Å². The van der Waals surface area contributed by atoms with E-state index in [-0.39, 0.29) is 6.61 Å². The van der Waals surface area contributed by atoms with E-state index in [0.29, 0.717) is 6.10 Å². The van der Waals surface area contributed by atoms with Crippen LogP contribution >= 0.6 is 15.9 Å². The van der Waals surface area contributed by atoms with Crippen LogP contribution in [0, 0.1) is 11.8 Å². The van der Waals surface area contributed by atoms with Gasteiger partial charge in [0.15, 0.2) is 0 Å². The van der Waals surface area contributed by atoms with Crippen LogP contribution in [0.25, 0.3) is 0 Å². The quantitative estimate of drug-likeness (QED) is 0.908. The molecule has 2 nitrogen and oxygen atoms in total. The van der Waals surface area contributed by atoms with E-state index in [2.05, 4.69) is 29.8 Å². The molecule has 1 aromatic carbocycles. The number of halogens is 1. The summed E-state index contributed by atoms with van der Waals surface area (Å²) in [5.41, 5.74) is 0.879. The first-order valence-corrected chi connectivity index (χ1v) is 7.43. The predicted molar refractivity (Wildman–Crippen MR) is 76.7 cm³/mol. The second kappa shape index (κ2) is 6.07. The molecule has 0 saturated heterocycles. The summed E-state index contributed by atoms with van der Waals surface area (Å²) in [4.78, 5) is 0. The van der Waals surface area contributed by atoms with Crippen molar-refractivity contribution in [2.45, 2.75) is 45.8 Å². The molecule has 1 N–H and O–H groups in total. The van der Waals surface area contributed by atoms with E-state index < -0.39 is 0 Å². The summed E-state index contributed by atoms with van der Waals surface area (Å²) in [6.07, 6.45) is 3.89. The Kier molecular flexibility index (Phi) is 4.68. The molecule has 1 aliphatic carbocycles. The van der Waals surface area contributed by atoms with E-state index in [1.807, 2.05) is 18.2 Å². The van der Waals surface area contributed by atoms with Gasteiger partial charge in [-0.2, -0.15) is 0 Å². The number of ether oxygens (including phenoxy) is 1. The summed E-state index contributed by atoms with van der Waals surface area (Å²) >= 11 is 3.42. The number of benzene rings is 1. The van der Waals surface area contributed by atoms with Gasteiger partial charge in [0.25, 0.3) is 0 Å². The zero-order valence-electron chi connectivity index (χ0n) is 11.0. The Morgan fingerprint density at radius 1 is 1.22 bits per heavy atom. The SMILES string of the molecule is CC1CC(C)CC(Oc2ccc(Br)c(CO)c2)C1. The lowest BCUT2D eigenvalue weighted by Crippen LogP contribution is -2.28. The first kappa shape index (κ1) is 13.9. The van der Waals surface area contributed by atoms with Crippen molar-refractivity contribution in [3.8, 4) is 5.75 Å². The third-order valence-electron chi connectivity index (χ3n) is 3.63. The van der Waals surface area contributed by atoms with Crippen LogP contribution in [-0.4, -0.2) is 11.2 Å². The summed E-state index contributed by atoms with van der Waals surface area (Å²) in [5, 5.41) is 9.25. The Bertz CT molecular complexity index is 395. The Morgan fingerprint density at radius 3 is 2.50 bits per heavy atom. The molecule has 0 amide bonds. The maximum absolute atomic E-state index is 9.25. The molecule has 3 heteroatoms. The highest BCUT2D eigenvalue weighted by molar-refractivity contribution is 9.10. The van der Waals surface area contributed by atoms with Crippen LogP contribution in [0.1, 0.15) is 38.7 Å². The maximum Gasteiger partial charge on any atom is 0.120 e. The summed E-state index contributed by atoms with van der Waals surface area (Å²) in [6.45, 7) is 4.63. The number of hydrogen-bond acceptors (Lipinski definition) is 2. The third-order valence-corrected chi connectivity index (χ3v) is 4.40. The number of aliphatic hydroxyl groups excluding tert-OH is 1. The van der Waals surface area contributed by atoms with Crippen molar-refractivity contribution >= 4 is 15.9 Å². The van der Waals surface area contributed by atoms with Gasteiger partial charge in [0.2, 0.25) is 0 Å². The largest absolute Gasteiger partial charge is 0.490 e. The standard InChI is InChI=1S/C15H21BrO2/c1-10-5-11(2)7-14(6-10)18-13-3-4-15(16)12(8-13)9-17/h3-4,8,10-11,14,17H,5-7,9H2,1-2H3. The van der Waals surface area contributed by atoms with E-state index in [9.17, 15) is 5.11 Å². The molecule has 0 aromatic heterocycles. The van der Waals surface area contributed by atoms with Crippen molar-refractivity contribution in [3.05, 3.63) is 28.2 Å². The molecule has 0 spiro atoms. The minimum Gasteiger partial charge on any atom is -0.490 e. The summed E-state index contributed by atoms with van der Waals surface area (Å²) in [7, 11) is 0. The fourth-order valence-electron chi connectivity index (χ4n) is 2.91. The molecule has 1 aromatic rings. The number of rotatable bonds is 3. The lowest BCUT2D eigenvalue weighted by molar-refractivity contribution is 0.101. The van der Waals surface area contributed by atoms with E-state index in [0.717, 1.165) is 40.5 Å². The minimum atomic E-state index is 0.0370. The second-order valence-electron chi connectivity index (χ2n) is 5.57. The van der Waals surface area contributed by atoms with Crippen LogP contribution in [0.4, 0.5) is 0 Å². The smallest absolute Gasteiger partial charge is 0.120 e. The van der Waals surface area contributed by atoms with Gasteiger partial charge in [0, 0.05) is 4.47 Å². The highest BCUT2D eigenvalue weighted by Crippen LogP contribution is 2.32. The average molecular weight is 313 g/mol. The lowest BCUT2D eigenvalue weighted by Gasteiger charge is -2.31. The van der Waals surface area contributed by atoms with Gasteiger partial charge >= 0.3 is 0 Å². The maximum atomic E-state index is 9.25. The predicted octanol–water partition coefficient (Wildman–Crippen LogP) is 4.14. The zero-order valence-corrected chi connectivity index (χ0v) is 12.6. The molecular formula is C15H21BrO2. The first-order valence-electron chi connectivity index (χ1n) is 6.64. The van der Waals surface area contributed by atoms with Crippen LogP contribution in [0.15, 0.2) is 22.7 Å². The van der Waals surface area contributed by atoms with E-state index >= 15 is 0 Å². The van der Waals surface area contributed by atoms with Crippen molar-refractivity contribution < 1.29 is 9.84 Å². The minimum absolute atomic E-state index is 0.0370. The van der Waals surface area contributed by atoms with Gasteiger partial charge in [0.05, 0.1) is 12.7 Å². The Balaban J connectivity index is 2.04. The van der Waals surface area contributed by atoms with Crippen molar-refractivity contribution in [2.75, 3.05) is 0 Å². The molecule has 1 fully saturated rings. The van der Waals surface area contributed by atoms with Gasteiger partial charge in [-0.15, -0.1) is 0 Å². The molecule has 0 heterocycles. The first-order chi connectivity index (χ1) is 8.58. The Labute approximate surface area is 117 Å². The molecule has 0 radical (unpaired) electrons. The van der Waals surface area contributed by atoms with Crippen molar-refractivity contribution in [2.24, 2.45) is 11.8 Å². The van der Waals surface area contributed by atoms with Gasteiger partial charge in [-0.25, -0.2) is 0 Å². The fraction of sp³-hybridized carbons (Fsp3) is 0.600. The van der Waals surface area contributed by atoms with Crippen molar-refractivity contribution in [1.29, 1.82) is 0 Å². The van der Waals surface area contributed by atoms with Crippen molar-refractivity contribution in [1.82, 2.24) is 0 Å². The second-order valence-corrected chi connectivity index (χ2v) is 6.42. The van der Waals surface area contributed by atoms with E-state index in [1.54, 1.807) is 0 Å². The summed E-state index contributed by atoms with van der Waals surface area (Å²) < 4.78 is 6.99. The van der Waals surface area contributed by atoms with Gasteiger partial charge in [-0.1, -0.05) is 29.8 Å². The van der Waals surface area contributed by atoms with Crippen LogP contribution in [0.5, 0.6) is 5.75 Å². The summed E-state index contributed by atoms with van der Waals surface area (Å²) in [6, 6.07) is 5.83. The molecule has 18 heavy (non-hydrogen) atoms. The third kappa shape index (κ3) is 3.48. The highest BCUT2D eigenvalue weighted by atomic mass is 79.9. The van der Waals surface area contributed by atoms with Crippen LogP contribution < -0.4 is 4.74 Å². The molecule has 1 saturated carbocycles. The molecule has 2 rings (SSSR count). The molecule has 100 valence electrons. The van der Waals surface area contributed by atoms with Crippen LogP contribution in [0.2, 0.25) is 0 Å². The average Bonchev–Trinajstić information content (AvgIpc) is 2.30. The molecule has 0 bridgehead atoms. The van der Waals surface area contributed by atoms with E-state index in [1.165, 1.54) is 6.42 Å². The zero-order chi connectivity index (χ0) is 13.1. The Morgan fingerprint density at radius 2 is 1.89 bits per heavy atom. The van der Waals surface area contributed by atoms with Crippen molar-refractivity contribution in [3.63, 3.8) is 0 Å². The number of aliphatic hydroxyl groups is 1. The Hall–Kier alpha value is -0.540. The van der Waals surface area contributed by atoms with Gasteiger partial charge < -0.3 is 9.84 Å². The number of hydrogen-bond donors (Lipinski definition) is 1. The van der Waals surface area contributed by atoms with Gasteiger partial charge in [-0.05, 0) is 54.9 Å². The van der Waals surface area contributed by atoms with Gasteiger partial charge in [-0.3, -0.25) is 0 Å². The molecular weight excluding hydrogens is 292 g/mol. The monoisotopic (exact) mass is 312 g/mol. The molecule has 2 atom stereocenters. The van der Waals surface area contributed by atoms with Gasteiger partial charge in [0.1, 0.15) is 5.75 Å².